The highest BCUT2D eigenvalue weighted by atomic mass is 16.5. The number of hydrogen-bond donors (Lipinski definition) is 0. The number of rotatable bonds is 11. The molecule has 3 rings (SSSR count). The molecule has 7 nitrogen and oxygen atoms in total. The second kappa shape index (κ2) is 13.0. The first-order valence-corrected chi connectivity index (χ1v) is 11.6. The number of methoxy groups -OCH3 is 3. The number of nitrogens with zero attached hydrogens (tertiary/aromatic N) is 1. The molecule has 0 bridgehead atoms. The van der Waals surface area contributed by atoms with Gasteiger partial charge in [-0.05, 0) is 42.3 Å². The molecular weight excluding hydrogens is 458 g/mol. The molecule has 0 aromatic heterocycles. The van der Waals surface area contributed by atoms with Gasteiger partial charge in [-0.1, -0.05) is 54.6 Å². The molecule has 0 spiro atoms. The summed E-state index contributed by atoms with van der Waals surface area (Å²) in [5.41, 5.74) is 2.61. The van der Waals surface area contributed by atoms with Crippen molar-refractivity contribution in [2.24, 2.45) is 0 Å². The lowest BCUT2D eigenvalue weighted by atomic mass is 10.0. The van der Waals surface area contributed by atoms with Gasteiger partial charge in [-0.25, -0.2) is 4.79 Å². The Morgan fingerprint density at radius 3 is 2.14 bits per heavy atom. The predicted molar refractivity (Wildman–Crippen MR) is 139 cm³/mol. The average molecular weight is 490 g/mol. The second-order valence-corrected chi connectivity index (χ2v) is 7.84. The summed E-state index contributed by atoms with van der Waals surface area (Å²) in [7, 11) is 4.70. The van der Waals surface area contributed by atoms with Gasteiger partial charge in [0.2, 0.25) is 0 Å². The summed E-state index contributed by atoms with van der Waals surface area (Å²) in [5.74, 6) is 0.925. The maximum Gasteiger partial charge on any atom is 0.339 e. The maximum atomic E-state index is 13.1. The summed E-state index contributed by atoms with van der Waals surface area (Å²) >= 11 is 0. The van der Waals surface area contributed by atoms with E-state index in [1.165, 1.54) is 0 Å². The Balaban J connectivity index is 1.75. The smallest absolute Gasteiger partial charge is 0.339 e. The van der Waals surface area contributed by atoms with E-state index in [2.05, 4.69) is 0 Å². The zero-order chi connectivity index (χ0) is 25.9. The second-order valence-electron chi connectivity index (χ2n) is 7.84. The third kappa shape index (κ3) is 6.66. The van der Waals surface area contributed by atoms with Crippen molar-refractivity contribution >= 4 is 23.5 Å². The van der Waals surface area contributed by atoms with Crippen LogP contribution in [0.5, 0.6) is 17.2 Å². The molecule has 0 aliphatic rings. The van der Waals surface area contributed by atoms with Crippen molar-refractivity contribution in [2.45, 2.75) is 13.5 Å². The molecule has 3 aromatic rings. The third-order valence-corrected chi connectivity index (χ3v) is 5.63. The Morgan fingerprint density at radius 2 is 1.47 bits per heavy atom. The Morgan fingerprint density at radius 1 is 0.806 bits per heavy atom. The van der Waals surface area contributed by atoms with Gasteiger partial charge in [0.05, 0.1) is 26.9 Å². The fraction of sp³-hybridized carbons (Fsp3) is 0.241. The van der Waals surface area contributed by atoms with Crippen molar-refractivity contribution < 1.29 is 28.5 Å². The van der Waals surface area contributed by atoms with Crippen LogP contribution in [0.3, 0.4) is 0 Å². The van der Waals surface area contributed by atoms with Gasteiger partial charge in [0.1, 0.15) is 5.75 Å². The minimum Gasteiger partial charge on any atom is -0.496 e. The molecular formula is C29H31NO6. The summed E-state index contributed by atoms with van der Waals surface area (Å²) in [4.78, 5) is 27.7. The first-order valence-electron chi connectivity index (χ1n) is 11.6. The number of amides is 1. The van der Waals surface area contributed by atoms with E-state index < -0.39 is 5.97 Å². The molecule has 0 unspecified atom stereocenters. The molecule has 1 amide bonds. The number of hydrogen-bond acceptors (Lipinski definition) is 6. The average Bonchev–Trinajstić information content (AvgIpc) is 2.93. The highest BCUT2D eigenvalue weighted by Crippen LogP contribution is 2.28. The number of likely N-dealkylation sites (N-methyl/N-ethyl adjacent to an activating group) is 1. The SMILES string of the molecule is CCN(Cc1ccc(OC)c(OC)c1)C(=O)COC(=O)/C(=C/c1ccccc1OC)c1ccccc1. The summed E-state index contributed by atoms with van der Waals surface area (Å²) in [6.07, 6.45) is 1.71. The van der Waals surface area contributed by atoms with E-state index >= 15 is 0 Å². The molecule has 36 heavy (non-hydrogen) atoms. The molecule has 0 saturated heterocycles. The quantitative estimate of drug-likeness (QED) is 0.218. The molecule has 3 aromatic carbocycles. The molecule has 0 fully saturated rings. The van der Waals surface area contributed by atoms with Gasteiger partial charge in [-0.15, -0.1) is 0 Å². The first-order chi connectivity index (χ1) is 17.5. The van der Waals surface area contributed by atoms with Crippen LogP contribution in [-0.4, -0.2) is 51.3 Å². The van der Waals surface area contributed by atoms with Crippen LogP contribution in [0.1, 0.15) is 23.6 Å². The number of carbonyl (C=O) groups is 2. The topological polar surface area (TPSA) is 74.3 Å². The highest BCUT2D eigenvalue weighted by Gasteiger charge is 2.19. The summed E-state index contributed by atoms with van der Waals surface area (Å²) in [6, 6.07) is 22.0. The summed E-state index contributed by atoms with van der Waals surface area (Å²) in [5, 5.41) is 0. The van der Waals surface area contributed by atoms with Gasteiger partial charge >= 0.3 is 5.97 Å². The van der Waals surface area contributed by atoms with Crippen molar-refractivity contribution in [3.05, 3.63) is 89.5 Å². The zero-order valence-electron chi connectivity index (χ0n) is 21.0. The Labute approximate surface area is 211 Å². The van der Waals surface area contributed by atoms with E-state index in [0.717, 1.165) is 11.1 Å². The standard InChI is InChI=1S/C29H31NO6/c1-5-30(19-21-15-16-26(34-3)27(17-21)35-4)28(31)20-36-29(32)24(22-11-7-6-8-12-22)18-23-13-9-10-14-25(23)33-2/h6-18H,5,19-20H2,1-4H3/b24-18+. The van der Waals surface area contributed by atoms with Crippen molar-refractivity contribution in [1.29, 1.82) is 0 Å². The van der Waals surface area contributed by atoms with Crippen LogP contribution in [0, 0.1) is 0 Å². The number of ether oxygens (including phenoxy) is 4. The lowest BCUT2D eigenvalue weighted by molar-refractivity contribution is -0.147. The monoisotopic (exact) mass is 489 g/mol. The van der Waals surface area contributed by atoms with Crippen LogP contribution in [0.2, 0.25) is 0 Å². The molecule has 0 heterocycles. The van der Waals surface area contributed by atoms with Gasteiger partial charge in [-0.3, -0.25) is 4.79 Å². The molecule has 0 aliphatic heterocycles. The molecule has 188 valence electrons. The van der Waals surface area contributed by atoms with Crippen molar-refractivity contribution in [1.82, 2.24) is 4.90 Å². The van der Waals surface area contributed by atoms with E-state index in [1.54, 1.807) is 38.4 Å². The molecule has 0 aliphatic carbocycles. The van der Waals surface area contributed by atoms with Crippen LogP contribution >= 0.6 is 0 Å². The van der Waals surface area contributed by atoms with E-state index in [9.17, 15) is 9.59 Å². The van der Waals surface area contributed by atoms with Crippen molar-refractivity contribution in [2.75, 3.05) is 34.5 Å². The largest absolute Gasteiger partial charge is 0.496 e. The fourth-order valence-electron chi connectivity index (χ4n) is 3.69. The van der Waals surface area contributed by atoms with Crippen LogP contribution in [0.25, 0.3) is 11.6 Å². The summed E-state index contributed by atoms with van der Waals surface area (Å²) in [6.45, 7) is 2.29. The van der Waals surface area contributed by atoms with Crippen LogP contribution in [0.4, 0.5) is 0 Å². The maximum absolute atomic E-state index is 13.1. The van der Waals surface area contributed by atoms with Gasteiger partial charge < -0.3 is 23.8 Å². The number of para-hydroxylation sites is 1. The van der Waals surface area contributed by atoms with Gasteiger partial charge in [0.15, 0.2) is 18.1 Å². The first kappa shape index (κ1) is 26.3. The minimum atomic E-state index is -0.595. The van der Waals surface area contributed by atoms with Gasteiger partial charge in [0, 0.05) is 18.7 Å². The Hall–Kier alpha value is -4.26. The molecule has 7 heteroatoms. The predicted octanol–water partition coefficient (Wildman–Crippen LogP) is 4.84. The van der Waals surface area contributed by atoms with Crippen molar-refractivity contribution in [3.63, 3.8) is 0 Å². The lowest BCUT2D eigenvalue weighted by Gasteiger charge is -2.21. The summed E-state index contributed by atoms with van der Waals surface area (Å²) < 4.78 is 21.5. The molecule has 0 saturated carbocycles. The molecule has 0 atom stereocenters. The van der Waals surface area contributed by atoms with E-state index in [0.29, 0.717) is 41.5 Å². The number of benzene rings is 3. The van der Waals surface area contributed by atoms with Crippen molar-refractivity contribution in [3.8, 4) is 17.2 Å². The van der Waals surface area contributed by atoms with Crippen LogP contribution in [0.15, 0.2) is 72.8 Å². The Bertz CT molecular complexity index is 1210. The normalized spacial score (nSPS) is 10.9. The van der Waals surface area contributed by atoms with E-state index in [1.807, 2.05) is 73.7 Å². The van der Waals surface area contributed by atoms with Crippen LogP contribution < -0.4 is 14.2 Å². The van der Waals surface area contributed by atoms with Crippen LogP contribution in [-0.2, 0) is 20.9 Å². The number of esters is 1. The Kier molecular flexibility index (Phi) is 9.51. The van der Waals surface area contributed by atoms with E-state index in [-0.39, 0.29) is 12.5 Å². The van der Waals surface area contributed by atoms with E-state index in [4.69, 9.17) is 18.9 Å². The fourth-order valence-corrected chi connectivity index (χ4v) is 3.69. The van der Waals surface area contributed by atoms with Gasteiger partial charge in [0.25, 0.3) is 5.91 Å². The number of carbonyl (C=O) groups excluding carboxylic acids is 2. The highest BCUT2D eigenvalue weighted by molar-refractivity contribution is 6.22. The third-order valence-electron chi connectivity index (χ3n) is 5.63. The minimum absolute atomic E-state index is 0.301. The molecule has 0 radical (unpaired) electrons. The lowest BCUT2D eigenvalue weighted by Crippen LogP contribution is -2.34. The zero-order valence-corrected chi connectivity index (χ0v) is 21.0. The van der Waals surface area contributed by atoms with Gasteiger partial charge in [-0.2, -0.15) is 0 Å². The molecule has 0 N–H and O–H groups in total.